The Bertz CT molecular complexity index is 673. The highest BCUT2D eigenvalue weighted by atomic mass is 32.2. The van der Waals surface area contributed by atoms with Gasteiger partial charge in [-0.1, -0.05) is 0 Å². The maximum atomic E-state index is 12.9. The maximum Gasteiger partial charge on any atom is 0.262 e. The van der Waals surface area contributed by atoms with Gasteiger partial charge < -0.3 is 4.74 Å². The molecule has 1 aliphatic carbocycles. The molecule has 1 aromatic rings. The van der Waals surface area contributed by atoms with Gasteiger partial charge in [0.2, 0.25) is 10.0 Å². The fourth-order valence-corrected chi connectivity index (χ4v) is 5.43. The van der Waals surface area contributed by atoms with Gasteiger partial charge in [-0.3, -0.25) is 10.0 Å². The van der Waals surface area contributed by atoms with E-state index in [1.165, 1.54) is 23.5 Å². The number of piperidine rings is 1. The van der Waals surface area contributed by atoms with Crippen molar-refractivity contribution in [1.82, 2.24) is 9.79 Å². The molecule has 1 heterocycles. The van der Waals surface area contributed by atoms with Crippen molar-refractivity contribution in [3.63, 3.8) is 0 Å². The van der Waals surface area contributed by atoms with Crippen molar-refractivity contribution in [3.05, 3.63) is 24.3 Å². The summed E-state index contributed by atoms with van der Waals surface area (Å²) in [6.45, 7) is 0. The van der Waals surface area contributed by atoms with Crippen LogP contribution in [0.15, 0.2) is 29.2 Å². The number of amides is 1. The van der Waals surface area contributed by atoms with Crippen LogP contribution in [0.5, 0.6) is 5.75 Å². The predicted octanol–water partition coefficient (Wildman–Crippen LogP) is 0.742. The van der Waals surface area contributed by atoms with Gasteiger partial charge in [-0.15, -0.1) is 0 Å². The van der Waals surface area contributed by atoms with Gasteiger partial charge in [-0.25, -0.2) is 13.9 Å². The lowest BCUT2D eigenvalue weighted by Crippen LogP contribution is -2.52. The van der Waals surface area contributed by atoms with Crippen LogP contribution in [0.4, 0.5) is 0 Å². The third-order valence-corrected chi connectivity index (χ3v) is 6.49. The van der Waals surface area contributed by atoms with Crippen LogP contribution in [-0.4, -0.2) is 43.0 Å². The van der Waals surface area contributed by atoms with E-state index in [4.69, 9.17) is 9.94 Å². The van der Waals surface area contributed by atoms with E-state index in [0.29, 0.717) is 12.2 Å². The standard InChI is InChI=1S/C14H18N2O5S/c1-21-11-4-6-12(7-5-11)22(19,20)16-10-3-2-9(8-10)13(16)14(17)15-18/h4-7,9-10,13,18H,2-3,8H2,1H3,(H,15,17)/t9-,10+,13-/m0/s1. The van der Waals surface area contributed by atoms with Crippen LogP contribution < -0.4 is 10.2 Å². The third kappa shape index (κ3) is 2.27. The largest absolute Gasteiger partial charge is 0.497 e. The molecular formula is C14H18N2O5S. The molecule has 22 heavy (non-hydrogen) atoms. The molecule has 1 saturated heterocycles. The minimum Gasteiger partial charge on any atom is -0.497 e. The summed E-state index contributed by atoms with van der Waals surface area (Å²) in [4.78, 5) is 12.0. The number of sulfonamides is 1. The topological polar surface area (TPSA) is 95.9 Å². The van der Waals surface area contributed by atoms with Crippen LogP contribution in [0, 0.1) is 5.92 Å². The monoisotopic (exact) mass is 326 g/mol. The lowest BCUT2D eigenvalue weighted by molar-refractivity contribution is -0.134. The minimum atomic E-state index is -3.79. The van der Waals surface area contributed by atoms with E-state index in [-0.39, 0.29) is 16.9 Å². The van der Waals surface area contributed by atoms with Crippen molar-refractivity contribution in [2.24, 2.45) is 5.92 Å². The van der Waals surface area contributed by atoms with Crippen molar-refractivity contribution in [2.45, 2.75) is 36.2 Å². The zero-order valence-electron chi connectivity index (χ0n) is 12.1. The highest BCUT2D eigenvalue weighted by molar-refractivity contribution is 7.89. The Kier molecular flexibility index (Phi) is 3.84. The van der Waals surface area contributed by atoms with Crippen LogP contribution in [0.1, 0.15) is 19.3 Å². The average Bonchev–Trinajstić information content (AvgIpc) is 3.15. The van der Waals surface area contributed by atoms with Crippen molar-refractivity contribution < 1.29 is 23.2 Å². The number of rotatable bonds is 4. The molecule has 3 rings (SSSR count). The van der Waals surface area contributed by atoms with E-state index in [1.807, 2.05) is 0 Å². The fourth-order valence-electron chi connectivity index (χ4n) is 3.56. The Balaban J connectivity index is 1.97. The average molecular weight is 326 g/mol. The first-order chi connectivity index (χ1) is 10.5. The number of benzene rings is 1. The second kappa shape index (κ2) is 5.53. The van der Waals surface area contributed by atoms with Crippen LogP contribution in [0.2, 0.25) is 0 Å². The summed E-state index contributed by atoms with van der Waals surface area (Å²) in [7, 11) is -2.29. The van der Waals surface area contributed by atoms with E-state index in [2.05, 4.69) is 0 Å². The second-order valence-electron chi connectivity index (χ2n) is 5.66. The molecule has 3 atom stereocenters. The van der Waals surface area contributed by atoms with Gasteiger partial charge >= 0.3 is 0 Å². The van der Waals surface area contributed by atoms with Crippen molar-refractivity contribution in [2.75, 3.05) is 7.11 Å². The van der Waals surface area contributed by atoms with E-state index < -0.39 is 22.0 Å². The molecule has 0 radical (unpaired) electrons. The summed E-state index contributed by atoms with van der Waals surface area (Å²) in [5.74, 6) is -0.138. The number of nitrogens with zero attached hydrogens (tertiary/aromatic N) is 1. The second-order valence-corrected chi connectivity index (χ2v) is 7.50. The Labute approximate surface area is 128 Å². The molecule has 2 N–H and O–H groups in total. The third-order valence-electron chi connectivity index (χ3n) is 4.54. The molecule has 0 unspecified atom stereocenters. The number of hydrogen-bond donors (Lipinski definition) is 2. The Morgan fingerprint density at radius 1 is 1.32 bits per heavy atom. The predicted molar refractivity (Wildman–Crippen MR) is 76.9 cm³/mol. The van der Waals surface area contributed by atoms with Gasteiger partial charge in [0, 0.05) is 6.04 Å². The molecule has 1 saturated carbocycles. The quantitative estimate of drug-likeness (QED) is 0.628. The summed E-state index contributed by atoms with van der Waals surface area (Å²) in [5.41, 5.74) is 1.60. The van der Waals surface area contributed by atoms with Crippen molar-refractivity contribution in [1.29, 1.82) is 0 Å². The number of hydroxylamine groups is 1. The van der Waals surface area contributed by atoms with Gasteiger partial charge in [0.25, 0.3) is 5.91 Å². The Hall–Kier alpha value is -1.64. The normalized spacial score (nSPS) is 27.8. The zero-order valence-corrected chi connectivity index (χ0v) is 12.9. The van der Waals surface area contributed by atoms with Crippen LogP contribution in [0.25, 0.3) is 0 Å². The van der Waals surface area contributed by atoms with Crippen molar-refractivity contribution in [3.8, 4) is 5.75 Å². The van der Waals surface area contributed by atoms with Gasteiger partial charge in [-0.2, -0.15) is 4.31 Å². The molecule has 120 valence electrons. The Morgan fingerprint density at radius 3 is 2.59 bits per heavy atom. The highest BCUT2D eigenvalue weighted by Crippen LogP contribution is 2.45. The minimum absolute atomic E-state index is 0.0369. The number of nitrogens with one attached hydrogen (secondary N) is 1. The smallest absolute Gasteiger partial charge is 0.262 e. The number of carbonyl (C=O) groups is 1. The first-order valence-electron chi connectivity index (χ1n) is 7.10. The van der Waals surface area contributed by atoms with E-state index in [9.17, 15) is 13.2 Å². The summed E-state index contributed by atoms with van der Waals surface area (Å²) in [6.07, 6.45) is 2.21. The SMILES string of the molecule is COc1ccc(S(=O)(=O)N2[C@@H]3CC[C@@H](C3)[C@H]2C(=O)NO)cc1. The summed E-state index contributed by atoms with van der Waals surface area (Å²) in [6, 6.07) is 5.06. The highest BCUT2D eigenvalue weighted by Gasteiger charge is 2.54. The number of hydrogen-bond acceptors (Lipinski definition) is 5. The molecule has 0 spiro atoms. The molecule has 2 aliphatic rings. The first-order valence-corrected chi connectivity index (χ1v) is 8.54. The molecule has 1 amide bonds. The first kappa shape index (κ1) is 15.3. The summed E-state index contributed by atoms with van der Waals surface area (Å²) in [5, 5.41) is 8.91. The van der Waals surface area contributed by atoms with E-state index in [0.717, 1.165) is 12.8 Å². The number of ether oxygens (including phenoxy) is 1. The van der Waals surface area contributed by atoms with Gasteiger partial charge in [-0.05, 0) is 49.4 Å². The van der Waals surface area contributed by atoms with E-state index >= 15 is 0 Å². The lowest BCUT2D eigenvalue weighted by Gasteiger charge is -2.32. The number of carbonyl (C=O) groups excluding carboxylic acids is 1. The van der Waals surface area contributed by atoms with E-state index in [1.54, 1.807) is 17.6 Å². The number of methoxy groups -OCH3 is 1. The van der Waals surface area contributed by atoms with Crippen LogP contribution in [0.3, 0.4) is 0 Å². The molecule has 8 heteroatoms. The molecule has 1 aliphatic heterocycles. The zero-order chi connectivity index (χ0) is 15.9. The van der Waals surface area contributed by atoms with Gasteiger partial charge in [0.15, 0.2) is 0 Å². The van der Waals surface area contributed by atoms with Crippen LogP contribution in [-0.2, 0) is 14.8 Å². The molecule has 0 aromatic heterocycles. The lowest BCUT2D eigenvalue weighted by atomic mass is 10.00. The molecular weight excluding hydrogens is 308 g/mol. The fraction of sp³-hybridized carbons (Fsp3) is 0.500. The maximum absolute atomic E-state index is 12.9. The molecule has 2 bridgehead atoms. The number of fused-ring (bicyclic) bond motifs is 2. The molecule has 1 aromatic carbocycles. The summed E-state index contributed by atoms with van der Waals surface area (Å²) < 4.78 is 32.0. The van der Waals surface area contributed by atoms with Crippen molar-refractivity contribution >= 4 is 15.9 Å². The van der Waals surface area contributed by atoms with Gasteiger partial charge in [0.1, 0.15) is 11.8 Å². The Morgan fingerprint density at radius 2 is 2.00 bits per heavy atom. The summed E-state index contributed by atoms with van der Waals surface area (Å²) >= 11 is 0. The van der Waals surface area contributed by atoms with Gasteiger partial charge in [0.05, 0.1) is 12.0 Å². The molecule has 2 fully saturated rings. The molecule has 7 nitrogen and oxygen atoms in total. The van der Waals surface area contributed by atoms with Crippen LogP contribution >= 0.6 is 0 Å².